The van der Waals surface area contributed by atoms with Crippen molar-refractivity contribution in [1.82, 2.24) is 9.55 Å². The summed E-state index contributed by atoms with van der Waals surface area (Å²) in [7, 11) is 1.65. The minimum Gasteiger partial charge on any atom is -0.481 e. The lowest BCUT2D eigenvalue weighted by Gasteiger charge is -2.18. The van der Waals surface area contributed by atoms with E-state index in [-0.39, 0.29) is 11.8 Å². The standard InChI is InChI=1S/C15H18N2O3S/c1-11(9-20-2)17-13(12-6-4-3-5-7-12)8-16-15(17)21-10-14(18)19/h3-8,11H,9-10H2,1-2H3,(H,18,19). The van der Waals surface area contributed by atoms with E-state index in [1.54, 1.807) is 13.3 Å². The van der Waals surface area contributed by atoms with E-state index in [0.717, 1.165) is 11.3 Å². The Morgan fingerprint density at radius 1 is 1.43 bits per heavy atom. The summed E-state index contributed by atoms with van der Waals surface area (Å²) in [5.74, 6) is -0.861. The van der Waals surface area contributed by atoms with Gasteiger partial charge in [0.15, 0.2) is 5.16 Å². The summed E-state index contributed by atoms with van der Waals surface area (Å²) in [4.78, 5) is 15.1. The maximum Gasteiger partial charge on any atom is 0.313 e. The number of carboxylic acid groups (broad SMARTS) is 1. The number of thioether (sulfide) groups is 1. The normalized spacial score (nSPS) is 12.3. The Kier molecular flexibility index (Phi) is 5.41. The molecule has 21 heavy (non-hydrogen) atoms. The number of nitrogens with zero attached hydrogens (tertiary/aromatic N) is 2. The Morgan fingerprint density at radius 2 is 2.14 bits per heavy atom. The number of methoxy groups -OCH3 is 1. The molecule has 0 aliphatic heterocycles. The summed E-state index contributed by atoms with van der Waals surface area (Å²) >= 11 is 1.22. The zero-order chi connectivity index (χ0) is 15.2. The van der Waals surface area contributed by atoms with Gasteiger partial charge in [-0.2, -0.15) is 0 Å². The van der Waals surface area contributed by atoms with Crippen LogP contribution >= 0.6 is 11.8 Å². The van der Waals surface area contributed by atoms with Crippen LogP contribution in [0.5, 0.6) is 0 Å². The maximum absolute atomic E-state index is 10.8. The zero-order valence-electron chi connectivity index (χ0n) is 12.0. The number of aromatic nitrogens is 2. The van der Waals surface area contributed by atoms with E-state index in [1.807, 2.05) is 41.8 Å². The summed E-state index contributed by atoms with van der Waals surface area (Å²) in [5.41, 5.74) is 2.02. The molecule has 1 heterocycles. The molecule has 1 atom stereocenters. The van der Waals surface area contributed by atoms with Gasteiger partial charge in [0.2, 0.25) is 0 Å². The van der Waals surface area contributed by atoms with Crippen LogP contribution in [0.15, 0.2) is 41.7 Å². The van der Waals surface area contributed by atoms with E-state index >= 15 is 0 Å². The van der Waals surface area contributed by atoms with Crippen LogP contribution in [-0.4, -0.2) is 40.1 Å². The molecule has 2 aromatic rings. The van der Waals surface area contributed by atoms with E-state index in [0.29, 0.717) is 11.8 Å². The van der Waals surface area contributed by atoms with E-state index in [9.17, 15) is 4.79 Å². The number of carbonyl (C=O) groups is 1. The van der Waals surface area contributed by atoms with Crippen molar-refractivity contribution in [1.29, 1.82) is 0 Å². The van der Waals surface area contributed by atoms with Crippen molar-refractivity contribution in [3.05, 3.63) is 36.5 Å². The molecule has 0 aliphatic carbocycles. The molecule has 0 fully saturated rings. The Hall–Kier alpha value is -1.79. The monoisotopic (exact) mass is 306 g/mol. The van der Waals surface area contributed by atoms with Gasteiger partial charge in [0.1, 0.15) is 0 Å². The number of carboxylic acids is 1. The fourth-order valence-electron chi connectivity index (χ4n) is 2.14. The molecule has 1 N–H and O–H groups in total. The fraction of sp³-hybridized carbons (Fsp3) is 0.333. The molecule has 0 saturated carbocycles. The fourth-order valence-corrected chi connectivity index (χ4v) is 2.94. The van der Waals surface area contributed by atoms with Crippen LogP contribution in [0, 0.1) is 0 Å². The van der Waals surface area contributed by atoms with E-state index in [4.69, 9.17) is 9.84 Å². The van der Waals surface area contributed by atoms with Gasteiger partial charge in [-0.25, -0.2) is 4.98 Å². The SMILES string of the molecule is COCC(C)n1c(-c2ccccc2)cnc1SCC(=O)O. The molecule has 0 amide bonds. The van der Waals surface area contributed by atoms with Gasteiger partial charge in [-0.3, -0.25) is 4.79 Å². The van der Waals surface area contributed by atoms with Crippen molar-refractivity contribution in [3.8, 4) is 11.3 Å². The van der Waals surface area contributed by atoms with Gasteiger partial charge in [-0.1, -0.05) is 42.1 Å². The highest BCUT2D eigenvalue weighted by molar-refractivity contribution is 7.99. The lowest BCUT2D eigenvalue weighted by molar-refractivity contribution is -0.133. The lowest BCUT2D eigenvalue weighted by Crippen LogP contribution is -2.14. The maximum atomic E-state index is 10.8. The number of hydrogen-bond donors (Lipinski definition) is 1. The molecule has 0 aliphatic rings. The number of aliphatic carboxylic acids is 1. The van der Waals surface area contributed by atoms with Crippen LogP contribution in [0.1, 0.15) is 13.0 Å². The largest absolute Gasteiger partial charge is 0.481 e. The summed E-state index contributed by atoms with van der Waals surface area (Å²) in [6.45, 7) is 2.57. The van der Waals surface area contributed by atoms with Crippen LogP contribution in [-0.2, 0) is 9.53 Å². The van der Waals surface area contributed by atoms with E-state index in [2.05, 4.69) is 4.98 Å². The predicted molar refractivity (Wildman–Crippen MR) is 82.6 cm³/mol. The molecule has 6 heteroatoms. The molecule has 0 radical (unpaired) electrons. The van der Waals surface area contributed by atoms with Crippen LogP contribution in [0.2, 0.25) is 0 Å². The van der Waals surface area contributed by atoms with Crippen molar-refractivity contribution in [2.24, 2.45) is 0 Å². The van der Waals surface area contributed by atoms with Crippen molar-refractivity contribution in [2.45, 2.75) is 18.1 Å². The molecule has 0 spiro atoms. The first-order valence-corrected chi connectivity index (χ1v) is 7.58. The molecular weight excluding hydrogens is 288 g/mol. The zero-order valence-corrected chi connectivity index (χ0v) is 12.8. The second kappa shape index (κ2) is 7.28. The lowest BCUT2D eigenvalue weighted by atomic mass is 10.1. The molecule has 2 rings (SSSR count). The van der Waals surface area contributed by atoms with Gasteiger partial charge < -0.3 is 14.4 Å². The summed E-state index contributed by atoms with van der Waals surface area (Å²) in [6, 6.07) is 10.00. The number of hydrogen-bond acceptors (Lipinski definition) is 4. The first-order chi connectivity index (χ1) is 10.1. The van der Waals surface area contributed by atoms with Crippen LogP contribution in [0.25, 0.3) is 11.3 Å². The molecule has 1 aromatic carbocycles. The van der Waals surface area contributed by atoms with Crippen LogP contribution < -0.4 is 0 Å². The highest BCUT2D eigenvalue weighted by Crippen LogP contribution is 2.29. The second-order valence-electron chi connectivity index (χ2n) is 4.65. The van der Waals surface area contributed by atoms with Crippen LogP contribution in [0.4, 0.5) is 0 Å². The Bertz CT molecular complexity index is 598. The third-order valence-electron chi connectivity index (χ3n) is 3.01. The average molecular weight is 306 g/mol. The summed E-state index contributed by atoms with van der Waals surface area (Å²) in [5, 5.41) is 9.54. The third-order valence-corrected chi connectivity index (χ3v) is 3.96. The van der Waals surface area contributed by atoms with Gasteiger partial charge >= 0.3 is 5.97 Å². The second-order valence-corrected chi connectivity index (χ2v) is 5.59. The summed E-state index contributed by atoms with van der Waals surface area (Å²) in [6.07, 6.45) is 1.78. The molecule has 1 unspecified atom stereocenters. The molecular formula is C15H18N2O3S. The predicted octanol–water partition coefficient (Wildman–Crippen LogP) is 2.93. The van der Waals surface area contributed by atoms with Gasteiger partial charge in [0.25, 0.3) is 0 Å². The highest BCUT2D eigenvalue weighted by atomic mass is 32.2. The average Bonchev–Trinajstić information content (AvgIpc) is 2.90. The van der Waals surface area contributed by atoms with Crippen molar-refractivity contribution in [3.63, 3.8) is 0 Å². The smallest absolute Gasteiger partial charge is 0.313 e. The highest BCUT2D eigenvalue weighted by Gasteiger charge is 2.18. The Morgan fingerprint density at radius 3 is 2.76 bits per heavy atom. The van der Waals surface area contributed by atoms with Crippen molar-refractivity contribution < 1.29 is 14.6 Å². The van der Waals surface area contributed by atoms with E-state index in [1.165, 1.54) is 11.8 Å². The molecule has 1 aromatic heterocycles. The number of ether oxygens (including phenoxy) is 1. The van der Waals surface area contributed by atoms with Crippen molar-refractivity contribution in [2.75, 3.05) is 19.5 Å². The number of rotatable bonds is 7. The van der Waals surface area contributed by atoms with Gasteiger partial charge in [-0.05, 0) is 12.5 Å². The minimum absolute atomic E-state index is 0.00898. The van der Waals surface area contributed by atoms with Gasteiger partial charge in [-0.15, -0.1) is 0 Å². The van der Waals surface area contributed by atoms with Crippen LogP contribution in [0.3, 0.4) is 0 Å². The molecule has 112 valence electrons. The molecule has 0 bridgehead atoms. The Balaban J connectivity index is 2.38. The van der Waals surface area contributed by atoms with Gasteiger partial charge in [0.05, 0.1) is 30.3 Å². The summed E-state index contributed by atoms with van der Waals surface area (Å²) < 4.78 is 7.26. The minimum atomic E-state index is -0.852. The van der Waals surface area contributed by atoms with E-state index < -0.39 is 5.97 Å². The quantitative estimate of drug-likeness (QED) is 0.797. The van der Waals surface area contributed by atoms with Gasteiger partial charge in [0, 0.05) is 7.11 Å². The topological polar surface area (TPSA) is 64.4 Å². The van der Waals surface area contributed by atoms with Crippen molar-refractivity contribution >= 4 is 17.7 Å². The molecule has 5 nitrogen and oxygen atoms in total. The number of imidazole rings is 1. The first kappa shape index (κ1) is 15.6. The molecule has 0 saturated heterocycles. The number of benzene rings is 1. The first-order valence-electron chi connectivity index (χ1n) is 6.59. The third kappa shape index (κ3) is 3.86. The Labute approximate surface area is 128 Å².